The maximum absolute atomic E-state index is 6.26. The van der Waals surface area contributed by atoms with Gasteiger partial charge in [0.25, 0.3) is 0 Å². The SMILES string of the molecule is COc1ccc(Cn2cc3c(n2)C(C)OC(C)c2sc(Nc4nccc(C)n4)nc2-3)cc1. The largest absolute Gasteiger partial charge is 0.497 e. The fraction of sp³-hybridized carbons (Fsp3) is 0.304. The Kier molecular flexibility index (Phi) is 5.36. The molecular weight excluding hydrogens is 424 g/mol. The molecule has 3 aromatic heterocycles. The number of aryl methyl sites for hydroxylation is 1. The van der Waals surface area contributed by atoms with E-state index < -0.39 is 0 Å². The third-order valence-corrected chi connectivity index (χ3v) is 6.51. The highest BCUT2D eigenvalue weighted by Gasteiger charge is 2.31. The Balaban J connectivity index is 1.48. The number of benzene rings is 1. The number of fused-ring (bicyclic) bond motifs is 3. The summed E-state index contributed by atoms with van der Waals surface area (Å²) in [4.78, 5) is 14.7. The first-order chi connectivity index (χ1) is 15.5. The minimum Gasteiger partial charge on any atom is -0.497 e. The Labute approximate surface area is 190 Å². The van der Waals surface area contributed by atoms with E-state index in [4.69, 9.17) is 19.6 Å². The molecule has 0 saturated heterocycles. The van der Waals surface area contributed by atoms with Gasteiger partial charge < -0.3 is 14.8 Å². The monoisotopic (exact) mass is 448 g/mol. The van der Waals surface area contributed by atoms with E-state index in [0.29, 0.717) is 12.5 Å². The van der Waals surface area contributed by atoms with Crippen LogP contribution in [0.3, 0.4) is 0 Å². The molecule has 9 heteroatoms. The van der Waals surface area contributed by atoms with E-state index in [-0.39, 0.29) is 12.2 Å². The minimum atomic E-state index is -0.130. The highest BCUT2D eigenvalue weighted by Crippen LogP contribution is 2.44. The molecule has 1 N–H and O–H groups in total. The Hall–Kier alpha value is -3.30. The number of hydrogen-bond acceptors (Lipinski definition) is 8. The van der Waals surface area contributed by atoms with Crippen molar-refractivity contribution in [3.63, 3.8) is 0 Å². The van der Waals surface area contributed by atoms with Gasteiger partial charge in [0.1, 0.15) is 17.5 Å². The van der Waals surface area contributed by atoms with Gasteiger partial charge >= 0.3 is 0 Å². The smallest absolute Gasteiger partial charge is 0.229 e. The number of ether oxygens (including phenoxy) is 2. The van der Waals surface area contributed by atoms with E-state index in [1.165, 1.54) is 0 Å². The van der Waals surface area contributed by atoms with Crippen LogP contribution in [0.15, 0.2) is 42.7 Å². The van der Waals surface area contributed by atoms with Crippen molar-refractivity contribution in [2.45, 2.75) is 39.5 Å². The average molecular weight is 449 g/mol. The molecule has 2 unspecified atom stereocenters. The molecule has 0 saturated carbocycles. The number of rotatable bonds is 5. The van der Waals surface area contributed by atoms with Crippen molar-refractivity contribution in [1.82, 2.24) is 24.7 Å². The van der Waals surface area contributed by atoms with Crippen LogP contribution in [-0.2, 0) is 11.3 Å². The van der Waals surface area contributed by atoms with Crippen LogP contribution in [0.4, 0.5) is 11.1 Å². The molecule has 0 aliphatic carbocycles. The standard InChI is InChI=1S/C23H24N6O2S/c1-13-9-10-24-22(25-13)27-23-26-20-18-12-29(11-16-5-7-17(30-4)8-6-16)28-19(18)14(2)31-15(3)21(20)32-23/h5-10,12,14-15H,11H2,1-4H3,(H,24,25,26,27). The molecule has 164 valence electrons. The number of methoxy groups -OCH3 is 1. The highest BCUT2D eigenvalue weighted by atomic mass is 32.1. The molecule has 0 spiro atoms. The molecule has 2 atom stereocenters. The molecule has 0 bridgehead atoms. The summed E-state index contributed by atoms with van der Waals surface area (Å²) in [5.74, 6) is 1.37. The zero-order valence-corrected chi connectivity index (χ0v) is 19.2. The number of nitrogens with one attached hydrogen (secondary N) is 1. The van der Waals surface area contributed by atoms with Crippen molar-refractivity contribution < 1.29 is 9.47 Å². The van der Waals surface area contributed by atoms with Crippen molar-refractivity contribution in [2.75, 3.05) is 12.4 Å². The van der Waals surface area contributed by atoms with Gasteiger partial charge in [-0.3, -0.25) is 4.68 Å². The summed E-state index contributed by atoms with van der Waals surface area (Å²) in [7, 11) is 1.67. The maximum Gasteiger partial charge on any atom is 0.229 e. The average Bonchev–Trinajstić information content (AvgIpc) is 3.36. The molecular formula is C23H24N6O2S. The van der Waals surface area contributed by atoms with Crippen LogP contribution in [0.1, 0.15) is 47.9 Å². The number of nitrogens with zero attached hydrogens (tertiary/aromatic N) is 5. The van der Waals surface area contributed by atoms with Crippen molar-refractivity contribution in [3.8, 4) is 17.0 Å². The molecule has 4 aromatic rings. The summed E-state index contributed by atoms with van der Waals surface area (Å²) in [6, 6.07) is 9.88. The number of hydrogen-bond donors (Lipinski definition) is 1. The summed E-state index contributed by atoms with van der Waals surface area (Å²) in [6.07, 6.45) is 3.58. The number of anilines is 2. The summed E-state index contributed by atoms with van der Waals surface area (Å²) in [5.41, 5.74) is 4.83. The first kappa shape index (κ1) is 20.6. The Morgan fingerprint density at radius 2 is 1.94 bits per heavy atom. The zero-order chi connectivity index (χ0) is 22.2. The van der Waals surface area contributed by atoms with Gasteiger partial charge in [-0.15, -0.1) is 0 Å². The summed E-state index contributed by atoms with van der Waals surface area (Å²) >= 11 is 1.56. The Morgan fingerprint density at radius 1 is 1.12 bits per heavy atom. The lowest BCUT2D eigenvalue weighted by Crippen LogP contribution is -2.06. The summed E-state index contributed by atoms with van der Waals surface area (Å²) in [6.45, 7) is 6.68. The molecule has 4 heterocycles. The number of thiazole rings is 1. The van der Waals surface area contributed by atoms with E-state index in [2.05, 4.69) is 28.4 Å². The predicted octanol–water partition coefficient (Wildman–Crippen LogP) is 5.06. The summed E-state index contributed by atoms with van der Waals surface area (Å²) in [5, 5.41) is 8.82. The first-order valence-corrected chi connectivity index (χ1v) is 11.3. The molecule has 0 fully saturated rings. The van der Waals surface area contributed by atoms with Crippen molar-refractivity contribution in [2.24, 2.45) is 0 Å². The van der Waals surface area contributed by atoms with E-state index in [1.54, 1.807) is 24.6 Å². The lowest BCUT2D eigenvalue weighted by molar-refractivity contribution is 0.00747. The van der Waals surface area contributed by atoms with Crippen molar-refractivity contribution in [1.29, 1.82) is 0 Å². The van der Waals surface area contributed by atoms with Gasteiger partial charge in [-0.1, -0.05) is 23.5 Å². The van der Waals surface area contributed by atoms with Gasteiger partial charge in [0, 0.05) is 23.7 Å². The van der Waals surface area contributed by atoms with Crippen molar-refractivity contribution >= 4 is 22.4 Å². The first-order valence-electron chi connectivity index (χ1n) is 10.4. The zero-order valence-electron chi connectivity index (χ0n) is 18.4. The van der Waals surface area contributed by atoms with Crippen molar-refractivity contribution in [3.05, 3.63) is 64.6 Å². The van der Waals surface area contributed by atoms with Crippen LogP contribution in [0.2, 0.25) is 0 Å². The van der Waals surface area contributed by atoms with E-state index in [9.17, 15) is 0 Å². The second-order valence-electron chi connectivity index (χ2n) is 7.77. The van der Waals surface area contributed by atoms with Gasteiger partial charge in [-0.2, -0.15) is 5.10 Å². The van der Waals surface area contributed by atoms with Gasteiger partial charge in [-0.25, -0.2) is 15.0 Å². The molecule has 0 radical (unpaired) electrons. The van der Waals surface area contributed by atoms with Gasteiger partial charge in [0.05, 0.1) is 30.3 Å². The molecule has 8 nitrogen and oxygen atoms in total. The second-order valence-corrected chi connectivity index (χ2v) is 8.80. The molecule has 32 heavy (non-hydrogen) atoms. The van der Waals surface area contributed by atoms with E-state index in [0.717, 1.165) is 44.0 Å². The topological polar surface area (TPSA) is 87.0 Å². The third kappa shape index (κ3) is 3.96. The lowest BCUT2D eigenvalue weighted by atomic mass is 10.1. The van der Waals surface area contributed by atoms with Crippen LogP contribution >= 0.6 is 11.3 Å². The van der Waals surface area contributed by atoms with Crippen LogP contribution < -0.4 is 10.1 Å². The van der Waals surface area contributed by atoms with Gasteiger partial charge in [0.2, 0.25) is 5.95 Å². The highest BCUT2D eigenvalue weighted by molar-refractivity contribution is 7.16. The van der Waals surface area contributed by atoms with Crippen LogP contribution in [0.25, 0.3) is 11.3 Å². The van der Waals surface area contributed by atoms with Crippen LogP contribution in [-0.4, -0.2) is 31.8 Å². The molecule has 1 aliphatic heterocycles. The Morgan fingerprint density at radius 3 is 2.69 bits per heavy atom. The van der Waals surface area contributed by atoms with Crippen LogP contribution in [0.5, 0.6) is 5.75 Å². The van der Waals surface area contributed by atoms with Crippen LogP contribution in [0, 0.1) is 6.92 Å². The summed E-state index contributed by atoms with van der Waals surface area (Å²) < 4.78 is 13.5. The van der Waals surface area contributed by atoms with Gasteiger partial charge in [-0.05, 0) is 44.5 Å². The van der Waals surface area contributed by atoms with E-state index >= 15 is 0 Å². The quantitative estimate of drug-likeness (QED) is 0.457. The fourth-order valence-corrected chi connectivity index (χ4v) is 4.77. The molecule has 0 amide bonds. The third-order valence-electron chi connectivity index (χ3n) is 5.38. The maximum atomic E-state index is 6.26. The molecule has 1 aliphatic rings. The normalized spacial score (nSPS) is 17.4. The second kappa shape index (κ2) is 8.33. The van der Waals surface area contributed by atoms with Gasteiger partial charge in [0.15, 0.2) is 5.13 Å². The molecule has 5 rings (SSSR count). The lowest BCUT2D eigenvalue weighted by Gasteiger charge is -2.14. The van der Waals surface area contributed by atoms with E-state index in [1.807, 2.05) is 48.9 Å². The minimum absolute atomic E-state index is 0.0873. The number of aromatic nitrogens is 5. The fourth-order valence-electron chi connectivity index (χ4n) is 3.81. The Bertz CT molecular complexity index is 1250. The predicted molar refractivity (Wildman–Crippen MR) is 123 cm³/mol. The molecule has 1 aromatic carbocycles.